The van der Waals surface area contributed by atoms with Crippen LogP contribution in [-0.4, -0.2) is 37.5 Å². The summed E-state index contributed by atoms with van der Waals surface area (Å²) in [7, 11) is 0. The predicted molar refractivity (Wildman–Crippen MR) is 115 cm³/mol. The van der Waals surface area contributed by atoms with Crippen LogP contribution in [-0.2, 0) is 14.3 Å². The summed E-state index contributed by atoms with van der Waals surface area (Å²) in [6, 6.07) is 14.3. The number of anilines is 1. The van der Waals surface area contributed by atoms with Gasteiger partial charge in [0, 0.05) is 5.69 Å². The fourth-order valence-electron chi connectivity index (χ4n) is 2.71. The minimum absolute atomic E-state index is 0.325. The Labute approximate surface area is 176 Å². The second-order valence-corrected chi connectivity index (χ2v) is 6.75. The van der Waals surface area contributed by atoms with Crippen molar-refractivity contribution in [2.24, 2.45) is 0 Å². The standard InChI is InChI=1S/C23H28N2O5/c1-4-16(3)17-10-12-18(13-11-17)25-21(26)15-30-22(27)14-24-23(28)19-8-6-7-9-20(19)29-5-2/h6-13,16H,4-5,14-15H2,1-3H3,(H,24,28)(H,25,26)/t16-/m0/s1. The van der Waals surface area contributed by atoms with Gasteiger partial charge in [-0.25, -0.2) is 0 Å². The number of carbonyl (C=O) groups is 3. The molecule has 2 amide bonds. The lowest BCUT2D eigenvalue weighted by Gasteiger charge is -2.11. The zero-order valence-electron chi connectivity index (χ0n) is 17.6. The molecule has 1 atom stereocenters. The summed E-state index contributed by atoms with van der Waals surface area (Å²) < 4.78 is 10.3. The van der Waals surface area contributed by atoms with Crippen molar-refractivity contribution in [3.63, 3.8) is 0 Å². The minimum atomic E-state index is -0.709. The molecule has 160 valence electrons. The maximum absolute atomic E-state index is 12.2. The van der Waals surface area contributed by atoms with Gasteiger partial charge in [0.15, 0.2) is 6.61 Å². The van der Waals surface area contributed by atoms with Gasteiger partial charge in [-0.1, -0.05) is 38.1 Å². The maximum Gasteiger partial charge on any atom is 0.325 e. The van der Waals surface area contributed by atoms with Crippen molar-refractivity contribution in [1.29, 1.82) is 0 Å². The normalized spacial score (nSPS) is 11.3. The Kier molecular flexibility index (Phi) is 8.87. The fraction of sp³-hybridized carbons (Fsp3) is 0.348. The van der Waals surface area contributed by atoms with Gasteiger partial charge in [0.25, 0.3) is 11.8 Å². The summed E-state index contributed by atoms with van der Waals surface area (Å²) in [4.78, 5) is 36.1. The van der Waals surface area contributed by atoms with Crippen LogP contribution in [0.1, 0.15) is 49.0 Å². The molecule has 0 radical (unpaired) electrons. The van der Waals surface area contributed by atoms with Crippen LogP contribution in [0.15, 0.2) is 48.5 Å². The number of rotatable bonds is 10. The van der Waals surface area contributed by atoms with E-state index in [0.29, 0.717) is 29.5 Å². The van der Waals surface area contributed by atoms with Gasteiger partial charge in [0.05, 0.1) is 12.2 Å². The number of carbonyl (C=O) groups excluding carboxylic acids is 3. The highest BCUT2D eigenvalue weighted by Gasteiger charge is 2.14. The Hall–Kier alpha value is -3.35. The number of esters is 1. The third-order valence-electron chi connectivity index (χ3n) is 4.56. The van der Waals surface area contributed by atoms with Crippen molar-refractivity contribution in [1.82, 2.24) is 5.32 Å². The van der Waals surface area contributed by atoms with Gasteiger partial charge in [0.1, 0.15) is 12.3 Å². The second-order valence-electron chi connectivity index (χ2n) is 6.75. The molecule has 7 heteroatoms. The summed E-state index contributed by atoms with van der Waals surface area (Å²) in [5.41, 5.74) is 2.15. The molecule has 2 aromatic rings. The number of nitrogens with one attached hydrogen (secondary N) is 2. The number of para-hydroxylation sites is 1. The van der Waals surface area contributed by atoms with E-state index < -0.39 is 24.4 Å². The minimum Gasteiger partial charge on any atom is -0.493 e. The van der Waals surface area contributed by atoms with Crippen LogP contribution >= 0.6 is 0 Å². The molecule has 0 saturated heterocycles. The lowest BCUT2D eigenvalue weighted by Crippen LogP contribution is -2.32. The summed E-state index contributed by atoms with van der Waals surface area (Å²) in [5, 5.41) is 5.14. The summed E-state index contributed by atoms with van der Waals surface area (Å²) >= 11 is 0. The molecule has 0 aliphatic carbocycles. The van der Waals surface area contributed by atoms with Crippen molar-refractivity contribution >= 4 is 23.5 Å². The van der Waals surface area contributed by atoms with E-state index in [9.17, 15) is 14.4 Å². The van der Waals surface area contributed by atoms with Crippen LogP contribution in [0.5, 0.6) is 5.75 Å². The molecule has 2 aromatic carbocycles. The van der Waals surface area contributed by atoms with Gasteiger partial charge in [-0.3, -0.25) is 14.4 Å². The van der Waals surface area contributed by atoms with E-state index in [4.69, 9.17) is 9.47 Å². The topological polar surface area (TPSA) is 93.7 Å². The smallest absolute Gasteiger partial charge is 0.325 e. The first kappa shape index (κ1) is 22.9. The highest BCUT2D eigenvalue weighted by atomic mass is 16.5. The molecule has 0 spiro atoms. The van der Waals surface area contributed by atoms with Crippen LogP contribution in [0, 0.1) is 0 Å². The summed E-state index contributed by atoms with van der Waals surface area (Å²) in [6.07, 6.45) is 1.04. The monoisotopic (exact) mass is 412 g/mol. The van der Waals surface area contributed by atoms with E-state index in [2.05, 4.69) is 24.5 Å². The molecule has 0 aliphatic heterocycles. The third kappa shape index (κ3) is 6.92. The number of hydrogen-bond acceptors (Lipinski definition) is 5. The van der Waals surface area contributed by atoms with E-state index >= 15 is 0 Å². The molecule has 7 nitrogen and oxygen atoms in total. The summed E-state index contributed by atoms with van der Waals surface area (Å²) in [5.74, 6) is -0.731. The molecule has 0 heterocycles. The van der Waals surface area contributed by atoms with Gasteiger partial charge >= 0.3 is 5.97 Å². The zero-order chi connectivity index (χ0) is 21.9. The third-order valence-corrected chi connectivity index (χ3v) is 4.56. The zero-order valence-corrected chi connectivity index (χ0v) is 17.6. The van der Waals surface area contributed by atoms with Gasteiger partial charge in [0.2, 0.25) is 0 Å². The van der Waals surface area contributed by atoms with Crippen LogP contribution in [0.25, 0.3) is 0 Å². The first-order valence-electron chi connectivity index (χ1n) is 10.00. The molecule has 2 N–H and O–H groups in total. The van der Waals surface area contributed by atoms with E-state index in [-0.39, 0.29) is 6.54 Å². The Morgan fingerprint density at radius 1 is 1.00 bits per heavy atom. The second kappa shape index (κ2) is 11.6. The molecular formula is C23H28N2O5. The lowest BCUT2D eigenvalue weighted by molar-refractivity contribution is -0.146. The summed E-state index contributed by atoms with van der Waals surface area (Å²) in [6.45, 7) is 5.71. The van der Waals surface area contributed by atoms with Crippen molar-refractivity contribution in [2.45, 2.75) is 33.1 Å². The molecule has 0 unspecified atom stereocenters. The predicted octanol–water partition coefficient (Wildman–Crippen LogP) is 3.51. The van der Waals surface area contributed by atoms with E-state index in [1.807, 2.05) is 31.2 Å². The molecule has 0 fully saturated rings. The van der Waals surface area contributed by atoms with Crippen LogP contribution in [0.4, 0.5) is 5.69 Å². The number of hydrogen-bond donors (Lipinski definition) is 2. The van der Waals surface area contributed by atoms with Gasteiger partial charge in [-0.15, -0.1) is 0 Å². The Bertz CT molecular complexity index is 864. The molecule has 2 rings (SSSR count). The Balaban J connectivity index is 1.76. The van der Waals surface area contributed by atoms with Crippen LogP contribution in [0.2, 0.25) is 0 Å². The van der Waals surface area contributed by atoms with E-state index in [1.165, 1.54) is 5.56 Å². The average Bonchev–Trinajstić information content (AvgIpc) is 2.76. The van der Waals surface area contributed by atoms with Crippen molar-refractivity contribution < 1.29 is 23.9 Å². The highest BCUT2D eigenvalue weighted by molar-refractivity contribution is 5.98. The molecule has 0 aliphatic rings. The number of benzene rings is 2. The van der Waals surface area contributed by atoms with Crippen molar-refractivity contribution in [2.75, 3.05) is 25.1 Å². The molecule has 0 bridgehead atoms. The van der Waals surface area contributed by atoms with Gasteiger partial charge in [-0.2, -0.15) is 0 Å². The maximum atomic E-state index is 12.2. The van der Waals surface area contributed by atoms with Crippen LogP contribution < -0.4 is 15.4 Å². The van der Waals surface area contributed by atoms with E-state index in [1.54, 1.807) is 24.3 Å². The average molecular weight is 412 g/mol. The van der Waals surface area contributed by atoms with Gasteiger partial charge in [-0.05, 0) is 49.1 Å². The van der Waals surface area contributed by atoms with E-state index in [0.717, 1.165) is 6.42 Å². The molecule has 0 saturated carbocycles. The van der Waals surface area contributed by atoms with Crippen molar-refractivity contribution in [3.05, 3.63) is 59.7 Å². The first-order chi connectivity index (χ1) is 14.4. The van der Waals surface area contributed by atoms with Gasteiger partial charge < -0.3 is 20.1 Å². The molecule has 0 aromatic heterocycles. The fourth-order valence-corrected chi connectivity index (χ4v) is 2.71. The lowest BCUT2D eigenvalue weighted by atomic mass is 9.99. The largest absolute Gasteiger partial charge is 0.493 e. The number of ether oxygens (including phenoxy) is 2. The molecule has 30 heavy (non-hydrogen) atoms. The quantitative estimate of drug-likeness (QED) is 0.583. The Morgan fingerprint density at radius 2 is 1.70 bits per heavy atom. The van der Waals surface area contributed by atoms with Crippen LogP contribution in [0.3, 0.4) is 0 Å². The Morgan fingerprint density at radius 3 is 2.37 bits per heavy atom. The number of amides is 2. The SMILES string of the molecule is CCOc1ccccc1C(=O)NCC(=O)OCC(=O)Nc1ccc([C@@H](C)CC)cc1. The first-order valence-corrected chi connectivity index (χ1v) is 10.00. The van der Waals surface area contributed by atoms with Crippen molar-refractivity contribution in [3.8, 4) is 5.75 Å². The molecular weight excluding hydrogens is 384 g/mol. The highest BCUT2D eigenvalue weighted by Crippen LogP contribution is 2.20.